The Kier molecular flexibility index (Phi) is 8.00. The van der Waals surface area contributed by atoms with Crippen LogP contribution in [0.5, 0.6) is 17.2 Å². The molecule has 2 N–H and O–H groups in total. The van der Waals surface area contributed by atoms with Crippen LogP contribution in [0.2, 0.25) is 0 Å². The lowest BCUT2D eigenvalue weighted by atomic mass is 10.0. The molecule has 0 bridgehead atoms. The predicted molar refractivity (Wildman–Crippen MR) is 146 cm³/mol. The standard InChI is InChI=1S/C28H32N4O5S/c1-19(30-28(34)27(33)29-17-20-5-10-23-24(16-20)37-18-36-23)26(25-4-3-15-38-25)32-13-11-31(12-14-32)21-6-8-22(35-2)9-7-21/h3-10,15-16,19,26H,11-14,17-18H2,1-2H3,(H,29,33)(H,30,34)/t19-,26+/m1/s1. The molecule has 10 heteroatoms. The van der Waals surface area contributed by atoms with Crippen LogP contribution in [0.15, 0.2) is 60.0 Å². The van der Waals surface area contributed by atoms with Crippen LogP contribution in [0.25, 0.3) is 0 Å². The number of hydrogen-bond donors (Lipinski definition) is 2. The van der Waals surface area contributed by atoms with Crippen LogP contribution in [0.4, 0.5) is 5.69 Å². The third kappa shape index (κ3) is 5.87. The van der Waals surface area contributed by atoms with Crippen molar-refractivity contribution in [2.45, 2.75) is 25.6 Å². The number of carbonyl (C=O) groups excluding carboxylic acids is 2. The second kappa shape index (κ2) is 11.7. The van der Waals surface area contributed by atoms with Crippen LogP contribution < -0.4 is 29.7 Å². The van der Waals surface area contributed by atoms with Crippen LogP contribution in [0.3, 0.4) is 0 Å². The van der Waals surface area contributed by atoms with Crippen molar-refractivity contribution in [3.8, 4) is 17.2 Å². The van der Waals surface area contributed by atoms with E-state index in [4.69, 9.17) is 14.2 Å². The molecule has 3 heterocycles. The fourth-order valence-electron chi connectivity index (χ4n) is 4.92. The van der Waals surface area contributed by atoms with Crippen molar-refractivity contribution in [3.63, 3.8) is 0 Å². The summed E-state index contributed by atoms with van der Waals surface area (Å²) < 4.78 is 16.0. The number of piperazine rings is 1. The van der Waals surface area contributed by atoms with Gasteiger partial charge in [-0.2, -0.15) is 0 Å². The van der Waals surface area contributed by atoms with Gasteiger partial charge in [0.15, 0.2) is 11.5 Å². The highest BCUT2D eigenvalue weighted by atomic mass is 32.1. The molecule has 0 radical (unpaired) electrons. The molecule has 3 aromatic rings. The number of ether oxygens (including phenoxy) is 3. The van der Waals surface area contributed by atoms with E-state index in [1.54, 1.807) is 24.5 Å². The Balaban J connectivity index is 1.18. The predicted octanol–water partition coefficient (Wildman–Crippen LogP) is 3.17. The highest BCUT2D eigenvalue weighted by Gasteiger charge is 2.32. The summed E-state index contributed by atoms with van der Waals surface area (Å²) in [5.74, 6) is 0.854. The zero-order chi connectivity index (χ0) is 26.5. The van der Waals surface area contributed by atoms with Gasteiger partial charge in [-0.05, 0) is 60.3 Å². The number of anilines is 1. The maximum atomic E-state index is 12.8. The minimum atomic E-state index is -0.663. The molecule has 2 aliphatic heterocycles. The van der Waals surface area contributed by atoms with Crippen LogP contribution in [-0.2, 0) is 16.1 Å². The zero-order valence-corrected chi connectivity index (χ0v) is 22.3. The molecule has 0 unspecified atom stereocenters. The van der Waals surface area contributed by atoms with E-state index in [0.29, 0.717) is 11.5 Å². The Morgan fingerprint density at radius 1 is 1.00 bits per heavy atom. The molecule has 0 spiro atoms. The van der Waals surface area contributed by atoms with Gasteiger partial charge in [-0.25, -0.2) is 0 Å². The smallest absolute Gasteiger partial charge is 0.309 e. The van der Waals surface area contributed by atoms with E-state index in [1.165, 1.54) is 5.69 Å². The molecule has 9 nitrogen and oxygen atoms in total. The van der Waals surface area contributed by atoms with Gasteiger partial charge in [-0.3, -0.25) is 14.5 Å². The minimum Gasteiger partial charge on any atom is -0.497 e. The van der Waals surface area contributed by atoms with Gasteiger partial charge in [0.25, 0.3) is 0 Å². The highest BCUT2D eigenvalue weighted by Crippen LogP contribution is 2.33. The van der Waals surface area contributed by atoms with Crippen molar-refractivity contribution in [1.29, 1.82) is 0 Å². The summed E-state index contributed by atoms with van der Waals surface area (Å²) in [5.41, 5.74) is 1.99. The monoisotopic (exact) mass is 536 g/mol. The lowest BCUT2D eigenvalue weighted by Crippen LogP contribution is -2.53. The van der Waals surface area contributed by atoms with E-state index >= 15 is 0 Å². The van der Waals surface area contributed by atoms with E-state index in [1.807, 2.05) is 42.6 Å². The number of nitrogens with zero attached hydrogens (tertiary/aromatic N) is 2. The number of hydrogen-bond acceptors (Lipinski definition) is 8. The fourth-order valence-corrected chi connectivity index (χ4v) is 5.88. The van der Waals surface area contributed by atoms with Gasteiger partial charge in [-0.1, -0.05) is 12.1 Å². The molecule has 5 rings (SSSR count). The first-order valence-electron chi connectivity index (χ1n) is 12.7. The summed E-state index contributed by atoms with van der Waals surface area (Å²) in [6, 6.07) is 17.4. The van der Waals surface area contributed by atoms with Gasteiger partial charge in [0.2, 0.25) is 6.79 Å². The first-order chi connectivity index (χ1) is 18.5. The first-order valence-corrected chi connectivity index (χ1v) is 13.5. The van der Waals surface area contributed by atoms with E-state index in [2.05, 4.69) is 38.6 Å². The number of nitrogens with one attached hydrogen (secondary N) is 2. The van der Waals surface area contributed by atoms with Crippen LogP contribution in [0.1, 0.15) is 23.4 Å². The maximum absolute atomic E-state index is 12.8. The van der Waals surface area contributed by atoms with Gasteiger partial charge in [0.05, 0.1) is 13.2 Å². The quantitative estimate of drug-likeness (QED) is 0.428. The average molecular weight is 537 g/mol. The number of rotatable bonds is 8. The lowest BCUT2D eigenvalue weighted by molar-refractivity contribution is -0.140. The second-order valence-corrected chi connectivity index (χ2v) is 10.3. The van der Waals surface area contributed by atoms with Gasteiger partial charge in [-0.15, -0.1) is 11.3 Å². The van der Waals surface area contributed by atoms with Crippen LogP contribution in [-0.4, -0.2) is 62.8 Å². The summed E-state index contributed by atoms with van der Waals surface area (Å²) in [5, 5.41) is 7.69. The Morgan fingerprint density at radius 3 is 2.47 bits per heavy atom. The van der Waals surface area contributed by atoms with Gasteiger partial charge in [0, 0.05) is 49.3 Å². The molecular formula is C28H32N4O5S. The van der Waals surface area contributed by atoms with Crippen LogP contribution >= 0.6 is 11.3 Å². The zero-order valence-electron chi connectivity index (χ0n) is 21.5. The minimum absolute atomic E-state index is 0.0290. The summed E-state index contributed by atoms with van der Waals surface area (Å²) in [6.07, 6.45) is 0. The normalized spacial score (nSPS) is 16.5. The highest BCUT2D eigenvalue weighted by molar-refractivity contribution is 7.10. The molecule has 1 aromatic heterocycles. The third-order valence-electron chi connectivity index (χ3n) is 6.91. The molecule has 2 aromatic carbocycles. The number of amides is 2. The van der Waals surface area contributed by atoms with Crippen molar-refractivity contribution in [3.05, 3.63) is 70.4 Å². The number of methoxy groups -OCH3 is 1. The van der Waals surface area contributed by atoms with Gasteiger partial charge in [0.1, 0.15) is 5.75 Å². The molecule has 0 aliphatic carbocycles. The third-order valence-corrected chi connectivity index (χ3v) is 7.85. The number of thiophene rings is 1. The van der Waals surface area contributed by atoms with Crippen molar-refractivity contribution in [2.75, 3.05) is 45.0 Å². The Hall–Kier alpha value is -3.76. The molecule has 200 valence electrons. The average Bonchev–Trinajstić information content (AvgIpc) is 3.64. The van der Waals surface area contributed by atoms with Gasteiger partial charge >= 0.3 is 11.8 Å². The van der Waals surface area contributed by atoms with Crippen molar-refractivity contribution < 1.29 is 23.8 Å². The molecule has 2 aliphatic rings. The van der Waals surface area contributed by atoms with Crippen LogP contribution in [0, 0.1) is 0 Å². The second-order valence-electron chi connectivity index (χ2n) is 9.31. The summed E-state index contributed by atoms with van der Waals surface area (Å²) in [7, 11) is 1.67. The van der Waals surface area contributed by atoms with E-state index in [0.717, 1.165) is 42.4 Å². The largest absolute Gasteiger partial charge is 0.497 e. The first kappa shape index (κ1) is 25.9. The summed E-state index contributed by atoms with van der Waals surface area (Å²) in [4.78, 5) is 31.3. The number of fused-ring (bicyclic) bond motifs is 1. The molecule has 2 amide bonds. The summed E-state index contributed by atoms with van der Waals surface area (Å²) >= 11 is 1.66. The van der Waals surface area contributed by atoms with E-state index in [9.17, 15) is 9.59 Å². The molecule has 0 saturated carbocycles. The lowest BCUT2D eigenvalue weighted by Gasteiger charge is -2.42. The molecule has 38 heavy (non-hydrogen) atoms. The Morgan fingerprint density at radius 2 is 1.76 bits per heavy atom. The van der Waals surface area contributed by atoms with Crippen molar-refractivity contribution >= 4 is 28.8 Å². The Bertz CT molecular complexity index is 1240. The molecule has 1 saturated heterocycles. The van der Waals surface area contributed by atoms with E-state index in [-0.39, 0.29) is 25.4 Å². The summed E-state index contributed by atoms with van der Waals surface area (Å²) in [6.45, 7) is 5.78. The fraction of sp³-hybridized carbons (Fsp3) is 0.357. The number of carbonyl (C=O) groups is 2. The van der Waals surface area contributed by atoms with Gasteiger partial charge < -0.3 is 29.7 Å². The molecular weight excluding hydrogens is 504 g/mol. The van der Waals surface area contributed by atoms with E-state index < -0.39 is 11.8 Å². The SMILES string of the molecule is COc1ccc(N2CCN([C@H](c3cccs3)[C@@H](C)NC(=O)C(=O)NCc3ccc4c(c3)OCO4)CC2)cc1. The maximum Gasteiger partial charge on any atom is 0.309 e. The van der Waals surface area contributed by atoms with Crippen molar-refractivity contribution in [1.82, 2.24) is 15.5 Å². The number of benzene rings is 2. The van der Waals surface area contributed by atoms with Crippen molar-refractivity contribution in [2.24, 2.45) is 0 Å². The molecule has 1 fully saturated rings. The topological polar surface area (TPSA) is 92.4 Å². The Labute approximate surface area is 226 Å². The molecule has 2 atom stereocenters.